The van der Waals surface area contributed by atoms with Gasteiger partial charge < -0.3 is 9.64 Å². The normalized spacial score (nSPS) is 26.9. The van der Waals surface area contributed by atoms with Crippen LogP contribution in [-0.4, -0.2) is 30.7 Å². The first-order chi connectivity index (χ1) is 9.70. The standard InChI is InChI=1S/C17H19NO2/c1-18-11-15(20-16(18)19)13-10-17(8-4-5-9-17)14-7-3-2-6-12(13)14/h2-3,6-7,10,15H,4-5,8-9,11H2,1H3. The zero-order valence-corrected chi connectivity index (χ0v) is 11.8. The number of ether oxygens (including phenoxy) is 1. The fourth-order valence-corrected chi connectivity index (χ4v) is 4.04. The predicted molar refractivity (Wildman–Crippen MR) is 77.5 cm³/mol. The molecule has 3 nitrogen and oxygen atoms in total. The first-order valence-corrected chi connectivity index (χ1v) is 7.44. The van der Waals surface area contributed by atoms with E-state index in [1.54, 1.807) is 11.9 Å². The van der Waals surface area contributed by atoms with Crippen molar-refractivity contribution in [1.29, 1.82) is 0 Å². The highest BCUT2D eigenvalue weighted by Crippen LogP contribution is 2.51. The molecule has 20 heavy (non-hydrogen) atoms. The van der Waals surface area contributed by atoms with Crippen LogP contribution in [0.1, 0.15) is 36.8 Å². The number of nitrogens with zero attached hydrogens (tertiary/aromatic N) is 1. The largest absolute Gasteiger partial charge is 0.439 e. The van der Waals surface area contributed by atoms with Crippen LogP contribution in [0.2, 0.25) is 0 Å². The number of likely N-dealkylation sites (N-methyl/N-ethyl adjacent to an activating group) is 1. The van der Waals surface area contributed by atoms with Gasteiger partial charge in [0.25, 0.3) is 0 Å². The van der Waals surface area contributed by atoms with Gasteiger partial charge in [-0.3, -0.25) is 0 Å². The van der Waals surface area contributed by atoms with Gasteiger partial charge in [0.2, 0.25) is 0 Å². The Balaban J connectivity index is 1.78. The van der Waals surface area contributed by atoms with Crippen LogP contribution >= 0.6 is 0 Å². The molecule has 104 valence electrons. The smallest absolute Gasteiger partial charge is 0.410 e. The van der Waals surface area contributed by atoms with E-state index in [0.29, 0.717) is 6.54 Å². The number of carbonyl (C=O) groups is 1. The summed E-state index contributed by atoms with van der Waals surface area (Å²) < 4.78 is 5.54. The third kappa shape index (κ3) is 1.55. The molecule has 0 bridgehead atoms. The average Bonchev–Trinajstić information content (AvgIpc) is 3.13. The zero-order valence-electron chi connectivity index (χ0n) is 11.8. The number of amides is 1. The molecule has 1 saturated heterocycles. The maximum Gasteiger partial charge on any atom is 0.410 e. The van der Waals surface area contributed by atoms with Crippen LogP contribution in [-0.2, 0) is 10.2 Å². The van der Waals surface area contributed by atoms with Gasteiger partial charge in [-0.1, -0.05) is 43.2 Å². The second-order valence-electron chi connectivity index (χ2n) is 6.26. The van der Waals surface area contributed by atoms with Gasteiger partial charge in [-0.25, -0.2) is 4.79 Å². The Labute approximate surface area is 119 Å². The second kappa shape index (κ2) is 4.11. The van der Waals surface area contributed by atoms with Crippen molar-refractivity contribution in [3.63, 3.8) is 0 Å². The number of carbonyl (C=O) groups excluding carboxylic acids is 1. The topological polar surface area (TPSA) is 29.5 Å². The second-order valence-corrected chi connectivity index (χ2v) is 6.26. The summed E-state index contributed by atoms with van der Waals surface area (Å²) in [5.41, 5.74) is 4.17. The maximum atomic E-state index is 11.6. The highest BCUT2D eigenvalue weighted by molar-refractivity contribution is 5.83. The molecule has 1 atom stereocenters. The fraction of sp³-hybridized carbons (Fsp3) is 0.471. The van der Waals surface area contributed by atoms with E-state index in [1.807, 2.05) is 0 Å². The Hall–Kier alpha value is -1.77. The van der Waals surface area contributed by atoms with Crippen LogP contribution in [0, 0.1) is 0 Å². The van der Waals surface area contributed by atoms with Crippen molar-refractivity contribution in [3.8, 4) is 0 Å². The lowest BCUT2D eigenvalue weighted by Crippen LogP contribution is -2.19. The molecule has 3 aliphatic rings. The van der Waals surface area contributed by atoms with Gasteiger partial charge in [0.15, 0.2) is 0 Å². The van der Waals surface area contributed by atoms with E-state index in [-0.39, 0.29) is 17.6 Å². The molecule has 2 aliphatic carbocycles. The summed E-state index contributed by atoms with van der Waals surface area (Å²) in [5.74, 6) is 0. The van der Waals surface area contributed by atoms with Crippen LogP contribution < -0.4 is 0 Å². The molecule has 1 aromatic carbocycles. The van der Waals surface area contributed by atoms with Gasteiger partial charge in [0, 0.05) is 12.5 Å². The van der Waals surface area contributed by atoms with E-state index in [0.717, 1.165) is 0 Å². The summed E-state index contributed by atoms with van der Waals surface area (Å²) in [6.45, 7) is 0.662. The van der Waals surface area contributed by atoms with Crippen LogP contribution in [0.3, 0.4) is 0 Å². The quantitative estimate of drug-likeness (QED) is 0.782. The Bertz CT molecular complexity index is 599. The van der Waals surface area contributed by atoms with E-state index in [2.05, 4.69) is 30.3 Å². The number of cyclic esters (lactones) is 1. The highest BCUT2D eigenvalue weighted by atomic mass is 16.6. The molecule has 1 unspecified atom stereocenters. The number of fused-ring (bicyclic) bond motifs is 2. The molecule has 1 saturated carbocycles. The minimum absolute atomic E-state index is 0.103. The molecule has 1 aromatic rings. The summed E-state index contributed by atoms with van der Waals surface area (Å²) in [6.07, 6.45) is 7.13. The molecular weight excluding hydrogens is 250 g/mol. The van der Waals surface area contributed by atoms with Crippen molar-refractivity contribution in [2.24, 2.45) is 0 Å². The van der Waals surface area contributed by atoms with Crippen LogP contribution in [0.4, 0.5) is 4.79 Å². The van der Waals surface area contributed by atoms with Crippen molar-refractivity contribution in [3.05, 3.63) is 41.5 Å². The molecule has 4 rings (SSSR count). The van der Waals surface area contributed by atoms with E-state index >= 15 is 0 Å². The minimum Gasteiger partial charge on any atom is -0.439 e. The molecular formula is C17H19NO2. The number of allylic oxidation sites excluding steroid dienone is 1. The van der Waals surface area contributed by atoms with Gasteiger partial charge in [-0.05, 0) is 29.5 Å². The van der Waals surface area contributed by atoms with Gasteiger partial charge in [0.05, 0.1) is 6.54 Å². The number of rotatable bonds is 1. The summed E-state index contributed by atoms with van der Waals surface area (Å²) in [4.78, 5) is 13.3. The lowest BCUT2D eigenvalue weighted by Gasteiger charge is -2.22. The van der Waals surface area contributed by atoms with Crippen molar-refractivity contribution >= 4 is 11.7 Å². The third-order valence-electron chi connectivity index (χ3n) is 5.04. The first-order valence-electron chi connectivity index (χ1n) is 7.44. The molecule has 0 radical (unpaired) electrons. The van der Waals surface area contributed by atoms with Crippen LogP contribution in [0.15, 0.2) is 30.3 Å². The van der Waals surface area contributed by atoms with E-state index < -0.39 is 0 Å². The molecule has 0 N–H and O–H groups in total. The highest BCUT2D eigenvalue weighted by Gasteiger charge is 2.44. The minimum atomic E-state index is -0.208. The number of hydrogen-bond donors (Lipinski definition) is 0. The number of hydrogen-bond acceptors (Lipinski definition) is 2. The van der Waals surface area contributed by atoms with Gasteiger partial charge in [0.1, 0.15) is 6.10 Å². The number of benzene rings is 1. The van der Waals surface area contributed by atoms with E-state index in [4.69, 9.17) is 4.74 Å². The Kier molecular flexibility index (Phi) is 2.47. The molecule has 1 aliphatic heterocycles. The summed E-state index contributed by atoms with van der Waals surface area (Å²) in [6, 6.07) is 8.65. The Morgan fingerprint density at radius 2 is 2.00 bits per heavy atom. The fourth-order valence-electron chi connectivity index (χ4n) is 4.04. The molecule has 2 fully saturated rings. The van der Waals surface area contributed by atoms with Crippen molar-refractivity contribution in [2.75, 3.05) is 13.6 Å². The van der Waals surface area contributed by atoms with Gasteiger partial charge >= 0.3 is 6.09 Å². The van der Waals surface area contributed by atoms with E-state index in [9.17, 15) is 4.79 Å². The predicted octanol–water partition coefficient (Wildman–Crippen LogP) is 3.35. The SMILES string of the molecule is CN1CC(C2=CC3(CCCC3)c3ccccc32)OC1=O. The first kappa shape index (κ1) is 12.0. The van der Waals surface area contributed by atoms with Crippen molar-refractivity contribution < 1.29 is 9.53 Å². The Morgan fingerprint density at radius 1 is 1.25 bits per heavy atom. The molecule has 1 spiro atoms. The van der Waals surface area contributed by atoms with Crippen LogP contribution in [0.5, 0.6) is 0 Å². The summed E-state index contributed by atoms with van der Waals surface area (Å²) in [5, 5.41) is 0. The Morgan fingerprint density at radius 3 is 2.70 bits per heavy atom. The summed E-state index contributed by atoms with van der Waals surface area (Å²) >= 11 is 0. The van der Waals surface area contributed by atoms with Crippen molar-refractivity contribution in [1.82, 2.24) is 4.90 Å². The lowest BCUT2D eigenvalue weighted by atomic mass is 9.81. The van der Waals surface area contributed by atoms with Gasteiger partial charge in [-0.2, -0.15) is 0 Å². The van der Waals surface area contributed by atoms with Crippen LogP contribution in [0.25, 0.3) is 5.57 Å². The average molecular weight is 269 g/mol. The van der Waals surface area contributed by atoms with Gasteiger partial charge in [-0.15, -0.1) is 0 Å². The van der Waals surface area contributed by atoms with E-state index in [1.165, 1.54) is 42.4 Å². The lowest BCUT2D eigenvalue weighted by molar-refractivity contribution is 0.151. The molecule has 3 heteroatoms. The molecule has 0 aromatic heterocycles. The molecule has 1 heterocycles. The monoisotopic (exact) mass is 269 g/mol. The zero-order chi connectivity index (χ0) is 13.7. The summed E-state index contributed by atoms with van der Waals surface area (Å²) in [7, 11) is 1.80. The maximum absolute atomic E-state index is 11.6. The van der Waals surface area contributed by atoms with Crippen molar-refractivity contribution in [2.45, 2.75) is 37.2 Å². The third-order valence-corrected chi connectivity index (χ3v) is 5.04. The molecule has 1 amide bonds.